The number of aromatic carboxylic acids is 1. The van der Waals surface area contributed by atoms with Crippen molar-refractivity contribution in [2.45, 2.75) is 67.1 Å². The molecule has 0 atom stereocenters. The molecule has 0 saturated heterocycles. The number of amides is 1. The van der Waals surface area contributed by atoms with E-state index >= 15 is 0 Å². The van der Waals surface area contributed by atoms with Crippen LogP contribution in [0.15, 0.2) is 98.6 Å². The molecule has 33 nitrogen and oxygen atoms in total. The largest absolute Gasteiger partial charge is 1.00 e. The van der Waals surface area contributed by atoms with E-state index < -0.39 is 17.9 Å². The summed E-state index contributed by atoms with van der Waals surface area (Å²) in [5.41, 5.74) is 8.97. The van der Waals surface area contributed by atoms with Crippen molar-refractivity contribution in [3.8, 4) is 23.5 Å². The standard InChI is InChI=1S/C20H16Cl2N6O2.C16H16ClN5O3.C14H12ClN5O3.C10H10ClN3O2.C6H7ClN2O.Li.H2O/c1-11-17-18(22)15(20(29)26-13-5-3-12(21)4-6-13)8-23-19(17)28(27-11)9-14-7-16(30-2)25-10-24-14;1-4-25-16(23)11-6-18-15-13(14(11)17)9(2)21-22(15)7-10-5-12(24-3)20-8-19-10;1-7-11-12(15)9(14(21)22)4-16-13(11)20(19-7)5-8-3-10(23-2)18-6-17-8;1-3-16-10(15)6-4-12-9-7(8(6)11)5(2)13-14-9;1-10-6-2-5(3-7)8-4-9-6;;/h3-8,10H,9H2,1-2H3,(H,26,29);5-6,8H,4,7H2,1-3H3;3-4,6H,5H2,1-2H3,(H,21,22);4H,3H2,1-2H3,(H,12,13,14);2,4H,3H2,1H3;;1H2/q;;;;;+1;/p-1. The number of pyridine rings is 4. The summed E-state index contributed by atoms with van der Waals surface area (Å²) in [6, 6.07) is 13.6. The van der Waals surface area contributed by atoms with Gasteiger partial charge in [-0.05, 0) is 65.8 Å². The number of esters is 2. The fraction of sp³-hybridized carbons (Fsp3) is 0.242. The van der Waals surface area contributed by atoms with Crippen LogP contribution in [0.25, 0.3) is 44.1 Å². The summed E-state index contributed by atoms with van der Waals surface area (Å²) in [5.74, 6) is -0.167. The number of rotatable bonds is 18. The number of nitrogens with zero attached hydrogens (tertiary/aromatic N) is 19. The SMILES string of the molecule is CCOC(=O)c1cnc2c(c(C)nn2Cc2cc(OC)ncn2)c1Cl.CCOC(=O)c1cnc2n[nH]c(C)c2c1Cl.COc1cc(CCl)ncn1.COc1cc(Cn2nc(C)c3c(Cl)c(C(=O)Nc4ccc(Cl)cc4)cnc32)ncn1.COc1cc(Cn2nc(C)c3c(Cl)c(C(=O)O)cnc32)ncn1.[Li+].[OH-]. The third-order valence-corrected chi connectivity index (χ3v) is 16.7. The number of carbonyl (C=O) groups is 4. The third kappa shape index (κ3) is 19.9. The Bertz CT molecular complexity index is 5270. The molecule has 0 radical (unpaired) electrons. The van der Waals surface area contributed by atoms with E-state index in [2.05, 4.69) is 90.6 Å². The normalized spacial score (nSPS) is 10.5. The number of aromatic nitrogens is 20. The number of methoxy groups -OCH3 is 4. The first-order valence-corrected chi connectivity index (χ1v) is 33.1. The van der Waals surface area contributed by atoms with E-state index in [0.29, 0.717) is 150 Å². The average molecular weight is 1560 g/mol. The molecule has 0 aliphatic heterocycles. The van der Waals surface area contributed by atoms with E-state index in [-0.39, 0.29) is 74.2 Å². The number of ether oxygens (including phenoxy) is 6. The number of hydrogen-bond donors (Lipinski definition) is 3. The summed E-state index contributed by atoms with van der Waals surface area (Å²) < 4.78 is 35.0. The molecule has 13 aromatic rings. The van der Waals surface area contributed by atoms with Gasteiger partial charge in [0.1, 0.15) is 25.3 Å². The number of fused-ring (bicyclic) bond motifs is 4. The Labute approximate surface area is 644 Å². The van der Waals surface area contributed by atoms with Crippen molar-refractivity contribution < 1.29 is 77.0 Å². The number of benzene rings is 1. The maximum Gasteiger partial charge on any atom is 1.00 e. The van der Waals surface area contributed by atoms with Crippen LogP contribution in [0.3, 0.4) is 0 Å². The van der Waals surface area contributed by atoms with Crippen LogP contribution in [0, 0.1) is 27.7 Å². The minimum absolute atomic E-state index is 0. The molecule has 13 rings (SSSR count). The molecule has 106 heavy (non-hydrogen) atoms. The van der Waals surface area contributed by atoms with Crippen molar-refractivity contribution in [3.05, 3.63) is 192 Å². The predicted octanol–water partition coefficient (Wildman–Crippen LogP) is 8.65. The van der Waals surface area contributed by atoms with Gasteiger partial charge >= 0.3 is 36.8 Å². The fourth-order valence-electron chi connectivity index (χ4n) is 9.73. The van der Waals surface area contributed by atoms with E-state index in [1.807, 2.05) is 20.8 Å². The van der Waals surface area contributed by atoms with Gasteiger partial charge in [-0.1, -0.05) is 58.0 Å². The Kier molecular flexibility index (Phi) is 30.0. The molecule has 546 valence electrons. The molecule has 0 unspecified atom stereocenters. The van der Waals surface area contributed by atoms with Crippen LogP contribution in [0.5, 0.6) is 23.5 Å². The van der Waals surface area contributed by atoms with Gasteiger partial charge in [-0.2, -0.15) is 20.4 Å². The van der Waals surface area contributed by atoms with E-state index in [0.717, 1.165) is 11.4 Å². The third-order valence-electron chi connectivity index (χ3n) is 14.6. The number of aryl methyl sites for hydroxylation is 4. The summed E-state index contributed by atoms with van der Waals surface area (Å²) in [7, 11) is 6.16. The van der Waals surface area contributed by atoms with Crippen molar-refractivity contribution in [1.29, 1.82) is 0 Å². The monoisotopic (exact) mass is 1560 g/mol. The second-order valence-electron chi connectivity index (χ2n) is 21.4. The van der Waals surface area contributed by atoms with E-state index in [9.17, 15) is 19.2 Å². The number of hydrogen-bond acceptors (Lipinski definition) is 27. The van der Waals surface area contributed by atoms with Crippen LogP contribution in [0.4, 0.5) is 5.69 Å². The molecule has 0 bridgehead atoms. The second-order valence-corrected chi connectivity index (χ2v) is 23.6. The molecule has 0 spiro atoms. The molecule has 40 heteroatoms. The average Bonchev–Trinajstić information content (AvgIpc) is 1.62. The van der Waals surface area contributed by atoms with Gasteiger partial charge in [0.25, 0.3) is 5.91 Å². The van der Waals surface area contributed by atoms with Crippen LogP contribution in [0.1, 0.15) is 101 Å². The number of anilines is 1. The van der Waals surface area contributed by atoms with E-state index in [4.69, 9.17) is 103 Å². The van der Waals surface area contributed by atoms with Gasteiger partial charge < -0.3 is 44.3 Å². The van der Waals surface area contributed by atoms with Crippen LogP contribution >= 0.6 is 69.6 Å². The number of carboxylic acid groups (broad SMARTS) is 1. The number of nitrogens with one attached hydrogen (secondary N) is 2. The molecular weight excluding hydrogens is 1500 g/mol. The van der Waals surface area contributed by atoms with Crippen molar-refractivity contribution in [2.75, 3.05) is 47.0 Å². The van der Waals surface area contributed by atoms with Crippen LogP contribution in [-0.4, -0.2) is 175 Å². The minimum atomic E-state index is -1.13. The van der Waals surface area contributed by atoms with E-state index in [1.165, 1.54) is 71.4 Å². The molecule has 12 aromatic heterocycles. The summed E-state index contributed by atoms with van der Waals surface area (Å²) in [6.45, 7) is 12.3. The zero-order valence-electron chi connectivity index (χ0n) is 58.2. The quantitative estimate of drug-likeness (QED) is 0.0411. The molecule has 0 saturated carbocycles. The molecule has 1 aromatic carbocycles. The smallest absolute Gasteiger partial charge is 0.870 e. The van der Waals surface area contributed by atoms with Gasteiger partial charge in [0.2, 0.25) is 23.5 Å². The van der Waals surface area contributed by atoms with Crippen LogP contribution in [0.2, 0.25) is 25.1 Å². The summed E-state index contributed by atoms with van der Waals surface area (Å²) in [6.07, 6.45) is 11.1. The zero-order chi connectivity index (χ0) is 74.9. The maximum absolute atomic E-state index is 12.7. The fourth-order valence-corrected chi connectivity index (χ4v) is 11.4. The van der Waals surface area contributed by atoms with Gasteiger partial charge in [-0.15, -0.1) is 11.6 Å². The van der Waals surface area contributed by atoms with Gasteiger partial charge in [-0.25, -0.2) is 88.2 Å². The van der Waals surface area contributed by atoms with E-state index in [1.54, 1.807) is 90.5 Å². The summed E-state index contributed by atoms with van der Waals surface area (Å²) in [5, 5.41) is 36.0. The molecule has 0 aliphatic rings. The Morgan fingerprint density at radius 3 is 1.22 bits per heavy atom. The minimum Gasteiger partial charge on any atom is -0.870 e. The summed E-state index contributed by atoms with van der Waals surface area (Å²) in [4.78, 5) is 96.7. The van der Waals surface area contributed by atoms with Gasteiger partial charge in [0, 0.05) is 65.5 Å². The van der Waals surface area contributed by atoms with Crippen molar-refractivity contribution >= 4 is 143 Å². The van der Waals surface area contributed by atoms with Gasteiger partial charge in [0.05, 0.1) is 171 Å². The van der Waals surface area contributed by atoms with Gasteiger partial charge in [0.15, 0.2) is 22.6 Å². The zero-order valence-corrected chi connectivity index (χ0v) is 62.8. The molecule has 0 aliphatic carbocycles. The number of H-pyrrole nitrogens is 1. The second kappa shape index (κ2) is 38.4. The Morgan fingerprint density at radius 1 is 0.481 bits per heavy atom. The van der Waals surface area contributed by atoms with Crippen molar-refractivity contribution in [2.24, 2.45) is 0 Å². The predicted molar refractivity (Wildman–Crippen MR) is 387 cm³/mol. The number of halogens is 6. The molecule has 1 amide bonds. The molecule has 4 N–H and O–H groups in total. The topological polar surface area (TPSA) is 423 Å². The first-order valence-electron chi connectivity index (χ1n) is 30.7. The molecule has 12 heterocycles. The Balaban J connectivity index is 0.000000191. The number of carboxylic acids is 1. The number of aromatic amines is 1. The van der Waals surface area contributed by atoms with Crippen molar-refractivity contribution in [1.82, 2.24) is 99.3 Å². The summed E-state index contributed by atoms with van der Waals surface area (Å²) >= 11 is 36.7. The number of alkyl halides is 1. The molecular formula is C66H62Cl6LiN21O12. The maximum atomic E-state index is 12.7. The van der Waals surface area contributed by atoms with Crippen LogP contribution in [-0.2, 0) is 35.0 Å². The Morgan fingerprint density at radius 2 is 0.830 bits per heavy atom. The van der Waals surface area contributed by atoms with Crippen molar-refractivity contribution in [3.63, 3.8) is 0 Å². The first kappa shape index (κ1) is 82.7. The van der Waals surface area contributed by atoms with Gasteiger partial charge in [-0.3, -0.25) is 9.89 Å². The first-order chi connectivity index (χ1) is 50.0. The van der Waals surface area contributed by atoms with Crippen LogP contribution < -0.4 is 43.1 Å². The number of carbonyl (C=O) groups excluding carboxylic acids is 3. The molecule has 0 fully saturated rings. The Hall–Kier alpha value is -10.6.